The van der Waals surface area contributed by atoms with Crippen molar-refractivity contribution < 1.29 is 18.0 Å². The summed E-state index contributed by atoms with van der Waals surface area (Å²) in [6, 6.07) is 12.4. The Morgan fingerprint density at radius 2 is 1.53 bits per heavy atom. The van der Waals surface area contributed by atoms with Gasteiger partial charge in [0.15, 0.2) is 0 Å². The average molecular weight is 517 g/mol. The molecule has 2 rings (SSSR count). The zero-order chi connectivity index (χ0) is 27.2. The molecule has 0 aliphatic rings. The van der Waals surface area contributed by atoms with E-state index in [2.05, 4.69) is 5.32 Å². The summed E-state index contributed by atoms with van der Waals surface area (Å²) < 4.78 is 29.0. The normalized spacial score (nSPS) is 12.5. The maximum Gasteiger partial charge on any atom is 0.304 e. The number of carbonyl (C=O) groups excluding carboxylic acids is 2. The first-order chi connectivity index (χ1) is 16.8. The van der Waals surface area contributed by atoms with Crippen LogP contribution in [0.15, 0.2) is 42.5 Å². The van der Waals surface area contributed by atoms with E-state index in [4.69, 9.17) is 0 Å². The first-order valence-electron chi connectivity index (χ1n) is 12.2. The Morgan fingerprint density at radius 1 is 0.944 bits per heavy atom. The van der Waals surface area contributed by atoms with Crippen LogP contribution in [0.3, 0.4) is 0 Å². The molecule has 198 valence electrons. The van der Waals surface area contributed by atoms with Crippen LogP contribution in [0.25, 0.3) is 0 Å². The highest BCUT2D eigenvalue weighted by molar-refractivity contribution is 7.90. The van der Waals surface area contributed by atoms with Gasteiger partial charge in [0.1, 0.15) is 12.6 Å². The number of nitrogens with zero attached hydrogens (tertiary/aromatic N) is 3. The summed E-state index contributed by atoms with van der Waals surface area (Å²) >= 11 is 0. The summed E-state index contributed by atoms with van der Waals surface area (Å²) in [5, 5.41) is 2.90. The minimum atomic E-state index is -3.99. The van der Waals surface area contributed by atoms with Gasteiger partial charge < -0.3 is 10.2 Å². The molecule has 0 fully saturated rings. The molecule has 0 radical (unpaired) electrons. The fourth-order valence-electron chi connectivity index (χ4n) is 3.88. The van der Waals surface area contributed by atoms with Gasteiger partial charge in [-0.3, -0.25) is 9.59 Å². The molecule has 0 aromatic heterocycles. The van der Waals surface area contributed by atoms with Crippen molar-refractivity contribution >= 4 is 27.7 Å². The third kappa shape index (κ3) is 7.30. The van der Waals surface area contributed by atoms with Crippen molar-refractivity contribution in [2.75, 3.05) is 24.9 Å². The molecule has 1 atom stereocenters. The highest BCUT2D eigenvalue weighted by atomic mass is 32.2. The standard InChI is InChI=1S/C27H40N4O4S/c1-9-24(27(33)28-19(2)3)30(17-23-14-11-20(4)12-15-23)26(32)18-31(36(34,35)29(7)8)25-16-21(5)10-13-22(25)6/h10-16,19,24H,9,17-18H2,1-8H3,(H,28,33). The molecule has 0 aliphatic heterocycles. The quantitative estimate of drug-likeness (QED) is 0.495. The number of anilines is 1. The molecule has 0 bridgehead atoms. The van der Waals surface area contributed by atoms with Crippen molar-refractivity contribution in [1.29, 1.82) is 0 Å². The number of rotatable bonds is 11. The van der Waals surface area contributed by atoms with Crippen molar-refractivity contribution in [3.63, 3.8) is 0 Å². The van der Waals surface area contributed by atoms with Crippen molar-refractivity contribution in [2.45, 2.75) is 66.6 Å². The lowest BCUT2D eigenvalue weighted by Crippen LogP contribution is -2.54. The summed E-state index contributed by atoms with van der Waals surface area (Å²) in [4.78, 5) is 28.5. The van der Waals surface area contributed by atoms with Gasteiger partial charge >= 0.3 is 10.2 Å². The van der Waals surface area contributed by atoms with E-state index in [1.165, 1.54) is 19.0 Å². The Labute approximate surface area is 216 Å². The lowest BCUT2D eigenvalue weighted by molar-refractivity contribution is -0.140. The van der Waals surface area contributed by atoms with Crippen LogP contribution >= 0.6 is 0 Å². The van der Waals surface area contributed by atoms with E-state index in [1.807, 2.05) is 77.9 Å². The van der Waals surface area contributed by atoms with Crippen molar-refractivity contribution in [2.24, 2.45) is 0 Å². The number of amides is 2. The van der Waals surface area contributed by atoms with Gasteiger partial charge in [0.2, 0.25) is 11.8 Å². The number of benzene rings is 2. The third-order valence-electron chi connectivity index (χ3n) is 5.94. The van der Waals surface area contributed by atoms with Crippen LogP contribution in [-0.4, -0.2) is 62.2 Å². The molecule has 36 heavy (non-hydrogen) atoms. The molecule has 1 N–H and O–H groups in total. The zero-order valence-corrected chi connectivity index (χ0v) is 23.5. The van der Waals surface area contributed by atoms with Crippen molar-refractivity contribution in [1.82, 2.24) is 14.5 Å². The topological polar surface area (TPSA) is 90.0 Å². The molecule has 2 amide bonds. The Bertz CT molecular complexity index is 1160. The summed E-state index contributed by atoms with van der Waals surface area (Å²) in [6.07, 6.45) is 0.389. The Balaban J connectivity index is 2.55. The van der Waals surface area contributed by atoms with E-state index in [0.29, 0.717) is 12.1 Å². The van der Waals surface area contributed by atoms with Crippen LogP contribution in [-0.2, 0) is 26.3 Å². The van der Waals surface area contributed by atoms with E-state index in [0.717, 1.165) is 30.9 Å². The summed E-state index contributed by atoms with van der Waals surface area (Å²) in [5.41, 5.74) is 3.99. The Kier molecular flexibility index (Phi) is 10.1. The maximum atomic E-state index is 13.9. The minimum absolute atomic E-state index is 0.0940. The fourth-order valence-corrected chi connectivity index (χ4v) is 4.99. The van der Waals surface area contributed by atoms with E-state index in [-0.39, 0.29) is 18.5 Å². The van der Waals surface area contributed by atoms with Crippen molar-refractivity contribution in [3.05, 3.63) is 64.7 Å². The van der Waals surface area contributed by atoms with Gasteiger partial charge in [0.25, 0.3) is 0 Å². The molecular formula is C27H40N4O4S. The van der Waals surface area contributed by atoms with Gasteiger partial charge in [0.05, 0.1) is 5.69 Å². The number of aryl methyl sites for hydroxylation is 3. The lowest BCUT2D eigenvalue weighted by Gasteiger charge is -2.34. The van der Waals surface area contributed by atoms with E-state index in [1.54, 1.807) is 6.07 Å². The van der Waals surface area contributed by atoms with E-state index < -0.39 is 28.7 Å². The number of hydrogen-bond acceptors (Lipinski definition) is 4. The average Bonchev–Trinajstić information content (AvgIpc) is 2.79. The highest BCUT2D eigenvalue weighted by Crippen LogP contribution is 2.26. The number of carbonyl (C=O) groups is 2. The second-order valence-electron chi connectivity index (χ2n) is 9.68. The summed E-state index contributed by atoms with van der Waals surface area (Å²) in [5.74, 6) is -0.714. The molecule has 0 heterocycles. The van der Waals surface area contributed by atoms with Crippen LogP contribution in [0.4, 0.5) is 5.69 Å². The van der Waals surface area contributed by atoms with Crippen LogP contribution in [0.5, 0.6) is 0 Å². The molecule has 2 aromatic carbocycles. The van der Waals surface area contributed by atoms with Crippen LogP contribution in [0.2, 0.25) is 0 Å². The fraction of sp³-hybridized carbons (Fsp3) is 0.481. The first-order valence-corrected chi connectivity index (χ1v) is 13.6. The van der Waals surface area contributed by atoms with Crippen molar-refractivity contribution in [3.8, 4) is 0 Å². The van der Waals surface area contributed by atoms with Gasteiger partial charge in [-0.15, -0.1) is 0 Å². The minimum Gasteiger partial charge on any atom is -0.352 e. The second kappa shape index (κ2) is 12.4. The number of nitrogens with one attached hydrogen (secondary N) is 1. The van der Waals surface area contributed by atoms with E-state index in [9.17, 15) is 18.0 Å². The van der Waals surface area contributed by atoms with Crippen LogP contribution < -0.4 is 9.62 Å². The zero-order valence-electron chi connectivity index (χ0n) is 22.7. The predicted octanol–water partition coefficient (Wildman–Crippen LogP) is 3.56. The molecular weight excluding hydrogens is 476 g/mol. The molecule has 0 aliphatic carbocycles. The van der Waals surface area contributed by atoms with Gasteiger partial charge in [-0.05, 0) is 63.8 Å². The van der Waals surface area contributed by atoms with E-state index >= 15 is 0 Å². The summed E-state index contributed by atoms with van der Waals surface area (Å²) in [6.45, 7) is 11.0. The van der Waals surface area contributed by atoms with Gasteiger partial charge in [0, 0.05) is 26.7 Å². The molecule has 8 nitrogen and oxygen atoms in total. The molecule has 2 aromatic rings. The Hall–Kier alpha value is -2.91. The Morgan fingerprint density at radius 3 is 2.06 bits per heavy atom. The monoisotopic (exact) mass is 516 g/mol. The van der Waals surface area contributed by atoms with Gasteiger partial charge in [-0.2, -0.15) is 12.7 Å². The maximum absolute atomic E-state index is 13.9. The predicted molar refractivity (Wildman–Crippen MR) is 145 cm³/mol. The smallest absolute Gasteiger partial charge is 0.304 e. The van der Waals surface area contributed by atoms with Gasteiger partial charge in [-0.1, -0.05) is 48.9 Å². The SMILES string of the molecule is CCC(C(=O)NC(C)C)N(Cc1ccc(C)cc1)C(=O)CN(c1cc(C)ccc1C)S(=O)(=O)N(C)C. The molecule has 1 unspecified atom stereocenters. The third-order valence-corrected chi connectivity index (χ3v) is 7.75. The molecule has 0 saturated heterocycles. The van der Waals surface area contributed by atoms with Crippen LogP contribution in [0.1, 0.15) is 49.4 Å². The molecule has 0 spiro atoms. The lowest BCUT2D eigenvalue weighted by atomic mass is 10.1. The molecule has 9 heteroatoms. The largest absolute Gasteiger partial charge is 0.352 e. The number of hydrogen-bond donors (Lipinski definition) is 1. The van der Waals surface area contributed by atoms with Gasteiger partial charge in [-0.25, -0.2) is 4.31 Å². The second-order valence-corrected chi connectivity index (χ2v) is 11.7. The highest BCUT2D eigenvalue weighted by Gasteiger charge is 2.34. The first kappa shape index (κ1) is 29.3. The summed E-state index contributed by atoms with van der Waals surface area (Å²) in [7, 11) is -1.12. The van der Waals surface area contributed by atoms with Crippen LogP contribution in [0, 0.1) is 20.8 Å². The molecule has 0 saturated carbocycles.